The largest absolute Gasteiger partial charge is 0.465 e. The number of oxazole rings is 1. The summed E-state index contributed by atoms with van der Waals surface area (Å²) < 4.78 is 12.1. The molecule has 6 heteroatoms. The van der Waals surface area contributed by atoms with Gasteiger partial charge in [-0.05, 0) is 83.3 Å². The molecule has 4 aromatic rings. The number of anilines is 1. The Morgan fingerprint density at radius 3 is 2.73 bits per heavy atom. The molecule has 0 aliphatic carbocycles. The first-order valence-corrected chi connectivity index (χ1v) is 8.94. The van der Waals surface area contributed by atoms with Crippen LogP contribution >= 0.6 is 22.6 Å². The zero-order chi connectivity index (χ0) is 17.9. The van der Waals surface area contributed by atoms with E-state index in [0.29, 0.717) is 28.4 Å². The summed E-state index contributed by atoms with van der Waals surface area (Å²) in [5.41, 5.74) is 2.91. The van der Waals surface area contributed by atoms with Crippen molar-refractivity contribution in [2.75, 3.05) is 5.32 Å². The molecule has 0 spiro atoms. The van der Waals surface area contributed by atoms with Crippen molar-refractivity contribution in [3.8, 4) is 11.5 Å². The monoisotopic (exact) mass is 456 g/mol. The van der Waals surface area contributed by atoms with Gasteiger partial charge in [-0.1, -0.05) is 0 Å². The fourth-order valence-corrected chi connectivity index (χ4v) is 2.81. The van der Waals surface area contributed by atoms with Gasteiger partial charge in [-0.25, -0.2) is 4.98 Å². The first-order chi connectivity index (χ1) is 12.7. The summed E-state index contributed by atoms with van der Waals surface area (Å²) in [5, 5.41) is 2.80. The third kappa shape index (κ3) is 3.70. The molecule has 0 radical (unpaired) electrons. The molecule has 0 atom stereocenters. The molecule has 1 amide bonds. The number of aromatic nitrogens is 1. The molecule has 128 valence electrons. The highest BCUT2D eigenvalue weighted by Gasteiger charge is 2.09. The number of rotatable bonds is 4. The molecule has 0 unspecified atom stereocenters. The van der Waals surface area contributed by atoms with Gasteiger partial charge in [0, 0.05) is 20.9 Å². The summed E-state index contributed by atoms with van der Waals surface area (Å²) in [6, 6.07) is 16.8. The van der Waals surface area contributed by atoms with Gasteiger partial charge in [0.25, 0.3) is 0 Å². The maximum absolute atomic E-state index is 12.0. The molecule has 2 heterocycles. The van der Waals surface area contributed by atoms with Gasteiger partial charge in [0.1, 0.15) is 11.3 Å². The maximum Gasteiger partial charge on any atom is 0.248 e. The van der Waals surface area contributed by atoms with Crippen molar-refractivity contribution in [2.24, 2.45) is 0 Å². The molecule has 2 aromatic heterocycles. The fourth-order valence-electron chi connectivity index (χ4n) is 2.45. The number of benzene rings is 2. The average molecular weight is 456 g/mol. The summed E-state index contributed by atoms with van der Waals surface area (Å²) in [5.74, 6) is 0.925. The van der Waals surface area contributed by atoms with E-state index in [1.165, 1.54) is 6.08 Å². The van der Waals surface area contributed by atoms with Crippen molar-refractivity contribution < 1.29 is 13.6 Å². The molecule has 0 saturated carbocycles. The lowest BCUT2D eigenvalue weighted by Gasteiger charge is -2.00. The number of carbonyl (C=O) groups excluding carboxylic acids is 1. The van der Waals surface area contributed by atoms with E-state index < -0.39 is 0 Å². The predicted octanol–water partition coefficient (Wildman–Crippen LogP) is 5.34. The van der Waals surface area contributed by atoms with Crippen LogP contribution in [0.1, 0.15) is 5.76 Å². The van der Waals surface area contributed by atoms with Gasteiger partial charge in [-0.2, -0.15) is 0 Å². The SMILES string of the molecule is O=C(C=Cc1ccco1)Nc1ccc2oc(-c3ccc(I)cc3)nc2c1. The van der Waals surface area contributed by atoms with Crippen LogP contribution in [0.5, 0.6) is 0 Å². The number of fused-ring (bicyclic) bond motifs is 1. The molecule has 0 aliphatic heterocycles. The van der Waals surface area contributed by atoms with Crippen LogP contribution in [0.15, 0.2) is 75.8 Å². The lowest BCUT2D eigenvalue weighted by molar-refractivity contribution is -0.111. The average Bonchev–Trinajstić information content (AvgIpc) is 3.30. The van der Waals surface area contributed by atoms with Crippen molar-refractivity contribution in [1.29, 1.82) is 0 Å². The Bertz CT molecular complexity index is 1080. The maximum atomic E-state index is 12.0. The van der Waals surface area contributed by atoms with Crippen molar-refractivity contribution in [2.45, 2.75) is 0 Å². The van der Waals surface area contributed by atoms with E-state index in [0.717, 1.165) is 9.13 Å². The Kier molecular flexibility index (Phi) is 4.57. The highest BCUT2D eigenvalue weighted by molar-refractivity contribution is 14.1. The Hall–Kier alpha value is -2.87. The van der Waals surface area contributed by atoms with Crippen LogP contribution in [0.25, 0.3) is 28.6 Å². The van der Waals surface area contributed by atoms with Crippen LogP contribution in [0, 0.1) is 3.57 Å². The molecule has 4 rings (SSSR count). The predicted molar refractivity (Wildman–Crippen MR) is 109 cm³/mol. The van der Waals surface area contributed by atoms with Gasteiger partial charge < -0.3 is 14.2 Å². The minimum atomic E-state index is -0.248. The van der Waals surface area contributed by atoms with E-state index in [1.807, 2.05) is 24.3 Å². The Balaban J connectivity index is 1.53. The van der Waals surface area contributed by atoms with Gasteiger partial charge in [-0.15, -0.1) is 0 Å². The first kappa shape index (κ1) is 16.6. The number of halogens is 1. The molecule has 1 N–H and O–H groups in total. The third-order valence-electron chi connectivity index (χ3n) is 3.69. The van der Waals surface area contributed by atoms with Crippen molar-refractivity contribution in [3.05, 3.63) is 76.3 Å². The van der Waals surface area contributed by atoms with E-state index in [4.69, 9.17) is 8.83 Å². The standard InChI is InChI=1S/C20H13IN2O3/c21-14-5-3-13(4-6-14)20-23-17-12-15(7-9-18(17)26-20)22-19(24)10-8-16-2-1-11-25-16/h1-12H,(H,22,24). The van der Waals surface area contributed by atoms with Gasteiger partial charge in [0.15, 0.2) is 5.58 Å². The second-order valence-corrected chi connectivity index (χ2v) is 6.79. The number of carbonyl (C=O) groups is 1. The lowest BCUT2D eigenvalue weighted by Crippen LogP contribution is -2.07. The second kappa shape index (κ2) is 7.17. The number of hydrogen-bond donors (Lipinski definition) is 1. The molecule has 26 heavy (non-hydrogen) atoms. The molecular formula is C20H13IN2O3. The normalized spacial score (nSPS) is 11.3. The van der Waals surface area contributed by atoms with Crippen LogP contribution in [-0.2, 0) is 4.79 Å². The minimum absolute atomic E-state index is 0.248. The molecule has 2 aromatic carbocycles. The van der Waals surface area contributed by atoms with Gasteiger partial charge in [0.05, 0.1) is 6.26 Å². The minimum Gasteiger partial charge on any atom is -0.465 e. The van der Waals surface area contributed by atoms with Crippen LogP contribution < -0.4 is 5.32 Å². The van der Waals surface area contributed by atoms with Gasteiger partial charge in [-0.3, -0.25) is 4.79 Å². The molecule has 0 saturated heterocycles. The Labute approximate surface area is 162 Å². The molecule has 0 aliphatic rings. The van der Waals surface area contributed by atoms with Crippen LogP contribution in [0.4, 0.5) is 5.69 Å². The number of hydrogen-bond acceptors (Lipinski definition) is 4. The van der Waals surface area contributed by atoms with E-state index in [-0.39, 0.29) is 5.91 Å². The molecule has 0 fully saturated rings. The summed E-state index contributed by atoms with van der Waals surface area (Å²) in [6.45, 7) is 0. The van der Waals surface area contributed by atoms with Gasteiger partial charge in [0.2, 0.25) is 11.8 Å². The smallest absolute Gasteiger partial charge is 0.248 e. The van der Waals surface area contributed by atoms with Gasteiger partial charge >= 0.3 is 0 Å². The second-order valence-electron chi connectivity index (χ2n) is 5.55. The zero-order valence-corrected chi connectivity index (χ0v) is 15.6. The number of amides is 1. The van der Waals surface area contributed by atoms with Crippen LogP contribution in [0.2, 0.25) is 0 Å². The van der Waals surface area contributed by atoms with E-state index in [1.54, 1.807) is 42.7 Å². The van der Waals surface area contributed by atoms with E-state index >= 15 is 0 Å². The Morgan fingerprint density at radius 2 is 1.96 bits per heavy atom. The highest BCUT2D eigenvalue weighted by atomic mass is 127. The molecular weight excluding hydrogens is 443 g/mol. The van der Waals surface area contributed by atoms with Crippen molar-refractivity contribution in [1.82, 2.24) is 4.98 Å². The fraction of sp³-hybridized carbons (Fsp3) is 0. The van der Waals surface area contributed by atoms with Crippen LogP contribution in [0.3, 0.4) is 0 Å². The summed E-state index contributed by atoms with van der Waals surface area (Å²) in [7, 11) is 0. The topological polar surface area (TPSA) is 68.3 Å². The molecule has 5 nitrogen and oxygen atoms in total. The molecule has 0 bridgehead atoms. The van der Waals surface area contributed by atoms with E-state index in [9.17, 15) is 4.79 Å². The summed E-state index contributed by atoms with van der Waals surface area (Å²) in [4.78, 5) is 16.5. The van der Waals surface area contributed by atoms with E-state index in [2.05, 4.69) is 32.9 Å². The number of furan rings is 1. The quantitative estimate of drug-likeness (QED) is 0.333. The highest BCUT2D eigenvalue weighted by Crippen LogP contribution is 2.26. The lowest BCUT2D eigenvalue weighted by atomic mass is 10.2. The van der Waals surface area contributed by atoms with Crippen molar-refractivity contribution >= 4 is 51.4 Å². The summed E-state index contributed by atoms with van der Waals surface area (Å²) >= 11 is 2.25. The summed E-state index contributed by atoms with van der Waals surface area (Å²) in [6.07, 6.45) is 4.59. The number of nitrogens with zero attached hydrogens (tertiary/aromatic N) is 1. The van der Waals surface area contributed by atoms with Crippen molar-refractivity contribution in [3.63, 3.8) is 0 Å². The van der Waals surface area contributed by atoms with Crippen LogP contribution in [-0.4, -0.2) is 10.9 Å². The third-order valence-corrected chi connectivity index (χ3v) is 4.41. The number of nitrogens with one attached hydrogen (secondary N) is 1. The first-order valence-electron chi connectivity index (χ1n) is 7.86. The Morgan fingerprint density at radius 1 is 1.12 bits per heavy atom. The zero-order valence-electron chi connectivity index (χ0n) is 13.5.